The van der Waals surface area contributed by atoms with E-state index in [1.54, 1.807) is 36.4 Å². The third kappa shape index (κ3) is 3.47. The Morgan fingerprint density at radius 2 is 2.05 bits per heavy atom. The second-order valence-electron chi connectivity index (χ2n) is 4.19. The van der Waals surface area contributed by atoms with Crippen LogP contribution in [0.2, 0.25) is 0 Å². The minimum atomic E-state index is -0.489. The normalized spacial score (nSPS) is 11.1. The Bertz CT molecular complexity index is 685. The van der Waals surface area contributed by atoms with Crippen LogP contribution in [0.4, 0.5) is 5.69 Å². The van der Waals surface area contributed by atoms with Crippen molar-refractivity contribution < 1.29 is 14.9 Å². The highest BCUT2D eigenvalue weighted by molar-refractivity contribution is 5.98. The van der Waals surface area contributed by atoms with Gasteiger partial charge in [0.05, 0.1) is 11.0 Å². The fourth-order valence-corrected chi connectivity index (χ4v) is 1.80. The molecular weight excluding hydrogens is 274 g/mol. The third-order valence-electron chi connectivity index (χ3n) is 2.82. The van der Waals surface area contributed by atoms with Gasteiger partial charge in [-0.25, -0.2) is 0 Å². The van der Waals surface area contributed by atoms with Crippen molar-refractivity contribution in [3.05, 3.63) is 69.8 Å². The van der Waals surface area contributed by atoms with E-state index in [-0.39, 0.29) is 18.1 Å². The molecule has 21 heavy (non-hydrogen) atoms. The van der Waals surface area contributed by atoms with Gasteiger partial charge in [-0.2, -0.15) is 0 Å². The molecule has 0 fully saturated rings. The predicted molar refractivity (Wildman–Crippen MR) is 76.4 cm³/mol. The molecule has 0 aromatic heterocycles. The number of nitrogens with zero attached hydrogens (tertiary/aromatic N) is 2. The number of nitro benzene ring substituents is 1. The summed E-state index contributed by atoms with van der Waals surface area (Å²) >= 11 is 0. The number of benzene rings is 2. The molecule has 0 aliphatic rings. The molecule has 0 heterocycles. The zero-order valence-electron chi connectivity index (χ0n) is 11.0. The van der Waals surface area contributed by atoms with Crippen LogP contribution in [0.1, 0.15) is 11.1 Å². The first-order chi connectivity index (χ1) is 10.1. The number of rotatable bonds is 5. The molecule has 0 saturated carbocycles. The van der Waals surface area contributed by atoms with Crippen LogP contribution in [0, 0.1) is 10.1 Å². The Morgan fingerprint density at radius 3 is 2.76 bits per heavy atom. The number of non-ortho nitro benzene ring substituents is 1. The van der Waals surface area contributed by atoms with Crippen molar-refractivity contribution in [2.45, 2.75) is 6.61 Å². The fraction of sp³-hybridized carbons (Fsp3) is 0.0714. The van der Waals surface area contributed by atoms with Crippen molar-refractivity contribution in [3.8, 4) is 5.75 Å². The quantitative estimate of drug-likeness (QED) is 0.288. The Morgan fingerprint density at radius 1 is 1.29 bits per heavy atom. The molecule has 2 aromatic carbocycles. The number of hydrogen-bond donors (Lipinski definition) is 2. The van der Waals surface area contributed by atoms with E-state index in [0.717, 1.165) is 0 Å². The fourth-order valence-electron chi connectivity index (χ4n) is 1.80. The third-order valence-corrected chi connectivity index (χ3v) is 2.82. The number of nitro groups is 1. The Balaban J connectivity index is 2.17. The summed E-state index contributed by atoms with van der Waals surface area (Å²) in [6, 6.07) is 12.9. The van der Waals surface area contributed by atoms with Crippen molar-refractivity contribution >= 4 is 11.5 Å². The minimum Gasteiger partial charge on any atom is -0.489 e. The number of hydrogen-bond acceptors (Lipinski definition) is 5. The van der Waals surface area contributed by atoms with Crippen molar-refractivity contribution in [2.75, 3.05) is 0 Å². The molecule has 0 unspecified atom stereocenters. The van der Waals surface area contributed by atoms with Gasteiger partial charge in [-0.1, -0.05) is 35.5 Å². The van der Waals surface area contributed by atoms with Crippen molar-refractivity contribution in [1.82, 2.24) is 0 Å². The number of nitrogens with two attached hydrogens (primary N) is 1. The van der Waals surface area contributed by atoms with Gasteiger partial charge in [0.15, 0.2) is 5.84 Å². The van der Waals surface area contributed by atoms with Crippen LogP contribution in [-0.2, 0) is 6.61 Å². The number of amidine groups is 1. The largest absolute Gasteiger partial charge is 0.489 e. The summed E-state index contributed by atoms with van der Waals surface area (Å²) in [6.07, 6.45) is 0. The first-order valence-corrected chi connectivity index (χ1v) is 6.05. The lowest BCUT2D eigenvalue weighted by Gasteiger charge is -2.10. The van der Waals surface area contributed by atoms with E-state index >= 15 is 0 Å². The lowest BCUT2D eigenvalue weighted by atomic mass is 10.1. The second kappa shape index (κ2) is 6.38. The average Bonchev–Trinajstić information content (AvgIpc) is 2.52. The molecular formula is C14H13N3O4. The molecule has 0 amide bonds. The maximum Gasteiger partial charge on any atom is 0.273 e. The van der Waals surface area contributed by atoms with E-state index in [2.05, 4.69) is 5.16 Å². The van der Waals surface area contributed by atoms with Crippen LogP contribution >= 0.6 is 0 Å². The van der Waals surface area contributed by atoms with Gasteiger partial charge in [0.2, 0.25) is 0 Å². The van der Waals surface area contributed by atoms with Crippen molar-refractivity contribution in [1.29, 1.82) is 0 Å². The smallest absolute Gasteiger partial charge is 0.273 e. The lowest BCUT2D eigenvalue weighted by molar-refractivity contribution is -0.384. The zero-order chi connectivity index (χ0) is 15.2. The van der Waals surface area contributed by atoms with E-state index < -0.39 is 4.92 Å². The van der Waals surface area contributed by atoms with Crippen LogP contribution < -0.4 is 10.5 Å². The zero-order valence-corrected chi connectivity index (χ0v) is 11.0. The van der Waals surface area contributed by atoms with Crippen LogP contribution in [0.5, 0.6) is 5.75 Å². The highest BCUT2D eigenvalue weighted by atomic mass is 16.6. The maximum atomic E-state index is 10.7. The van der Waals surface area contributed by atoms with Gasteiger partial charge in [-0.15, -0.1) is 0 Å². The topological polar surface area (TPSA) is 111 Å². The maximum absolute atomic E-state index is 10.7. The van der Waals surface area contributed by atoms with Crippen molar-refractivity contribution in [3.63, 3.8) is 0 Å². The average molecular weight is 287 g/mol. The van der Waals surface area contributed by atoms with Crippen LogP contribution in [0.25, 0.3) is 0 Å². The Hall–Kier alpha value is -3.09. The molecule has 2 aromatic rings. The summed E-state index contributed by atoms with van der Waals surface area (Å²) in [7, 11) is 0. The summed E-state index contributed by atoms with van der Waals surface area (Å²) in [5, 5.41) is 22.4. The standard InChI is InChI=1S/C14H13N3O4/c15-14(16-18)13-7-2-1-4-10(13)9-21-12-6-3-5-11(8-12)17(19)20/h1-8,18H,9H2,(H2,15,16). The van der Waals surface area contributed by atoms with E-state index in [1.165, 1.54) is 12.1 Å². The van der Waals surface area contributed by atoms with Gasteiger partial charge >= 0.3 is 0 Å². The minimum absolute atomic E-state index is 0.0201. The van der Waals surface area contributed by atoms with Gasteiger partial charge in [0.25, 0.3) is 5.69 Å². The van der Waals surface area contributed by atoms with Crippen LogP contribution in [0.3, 0.4) is 0 Å². The van der Waals surface area contributed by atoms with Gasteiger partial charge in [0.1, 0.15) is 12.4 Å². The molecule has 0 saturated heterocycles. The van der Waals surface area contributed by atoms with Crippen LogP contribution in [0.15, 0.2) is 53.7 Å². The summed E-state index contributed by atoms with van der Waals surface area (Å²) in [4.78, 5) is 10.2. The summed E-state index contributed by atoms with van der Waals surface area (Å²) in [5.74, 6) is 0.353. The molecule has 3 N–H and O–H groups in total. The monoisotopic (exact) mass is 287 g/mol. The highest BCUT2D eigenvalue weighted by Gasteiger charge is 2.09. The molecule has 7 nitrogen and oxygen atoms in total. The number of ether oxygens (including phenoxy) is 1. The molecule has 0 spiro atoms. The molecule has 0 radical (unpaired) electrons. The van der Waals surface area contributed by atoms with Gasteiger partial charge in [0, 0.05) is 17.2 Å². The lowest BCUT2D eigenvalue weighted by Crippen LogP contribution is -2.16. The molecule has 2 rings (SSSR count). The van der Waals surface area contributed by atoms with Gasteiger partial charge in [-0.3, -0.25) is 10.1 Å². The molecule has 0 aliphatic carbocycles. The summed E-state index contributed by atoms with van der Waals surface area (Å²) in [6.45, 7) is 0.146. The Labute approximate surface area is 120 Å². The Kier molecular flexibility index (Phi) is 4.35. The first-order valence-electron chi connectivity index (χ1n) is 6.05. The first kappa shape index (κ1) is 14.3. The SMILES string of the molecule is N/C(=N\O)c1ccccc1COc1cccc([N+](=O)[O-])c1. The van der Waals surface area contributed by atoms with E-state index in [9.17, 15) is 10.1 Å². The predicted octanol–water partition coefficient (Wildman–Crippen LogP) is 2.27. The van der Waals surface area contributed by atoms with Gasteiger partial charge in [-0.05, 0) is 6.07 Å². The summed E-state index contributed by atoms with van der Waals surface area (Å²) < 4.78 is 5.52. The van der Waals surface area contributed by atoms with Gasteiger partial charge < -0.3 is 15.7 Å². The molecule has 0 bridgehead atoms. The van der Waals surface area contributed by atoms with E-state index in [1.807, 2.05) is 0 Å². The van der Waals surface area contributed by atoms with Crippen LogP contribution in [-0.4, -0.2) is 16.0 Å². The molecule has 108 valence electrons. The molecule has 7 heteroatoms. The molecule has 0 atom stereocenters. The van der Waals surface area contributed by atoms with Crippen molar-refractivity contribution in [2.24, 2.45) is 10.9 Å². The van der Waals surface area contributed by atoms with E-state index in [0.29, 0.717) is 16.9 Å². The highest BCUT2D eigenvalue weighted by Crippen LogP contribution is 2.20. The second-order valence-corrected chi connectivity index (χ2v) is 4.19. The van der Waals surface area contributed by atoms with E-state index in [4.69, 9.17) is 15.7 Å². The molecule has 0 aliphatic heterocycles. The number of oxime groups is 1. The summed E-state index contributed by atoms with van der Waals surface area (Å²) in [5.41, 5.74) is 6.79.